The number of aliphatic carboxylic acids is 1. The SMILES string of the molecule is CC(C)c1ccc(C(NN2CCN(C)CC2)C(=O)O)cc1. The molecule has 1 heterocycles. The van der Waals surface area contributed by atoms with E-state index < -0.39 is 12.0 Å². The van der Waals surface area contributed by atoms with Crippen LogP contribution >= 0.6 is 0 Å². The van der Waals surface area contributed by atoms with Crippen LogP contribution in [0.2, 0.25) is 0 Å². The Bertz CT molecular complexity index is 465. The van der Waals surface area contributed by atoms with Gasteiger partial charge in [0.05, 0.1) is 0 Å². The smallest absolute Gasteiger partial charge is 0.326 e. The molecule has 1 fully saturated rings. The van der Waals surface area contributed by atoms with E-state index >= 15 is 0 Å². The van der Waals surface area contributed by atoms with Crippen molar-refractivity contribution in [3.8, 4) is 0 Å². The molecule has 2 rings (SSSR count). The van der Waals surface area contributed by atoms with Gasteiger partial charge in [0.2, 0.25) is 0 Å². The van der Waals surface area contributed by atoms with Crippen molar-refractivity contribution in [1.29, 1.82) is 0 Å². The van der Waals surface area contributed by atoms with E-state index in [0.29, 0.717) is 5.92 Å². The third kappa shape index (κ3) is 4.27. The molecule has 1 aliphatic rings. The fourth-order valence-electron chi connectivity index (χ4n) is 2.46. The van der Waals surface area contributed by atoms with E-state index in [1.807, 2.05) is 29.3 Å². The molecule has 0 bridgehead atoms. The molecule has 1 saturated heterocycles. The highest BCUT2D eigenvalue weighted by Gasteiger charge is 2.24. The summed E-state index contributed by atoms with van der Waals surface area (Å²) in [5.41, 5.74) is 5.17. The molecule has 21 heavy (non-hydrogen) atoms. The molecule has 0 aromatic heterocycles. The first-order valence-electron chi connectivity index (χ1n) is 7.49. The molecular weight excluding hydrogens is 266 g/mol. The summed E-state index contributed by atoms with van der Waals surface area (Å²) >= 11 is 0. The monoisotopic (exact) mass is 291 g/mol. The highest BCUT2D eigenvalue weighted by atomic mass is 16.4. The van der Waals surface area contributed by atoms with Crippen molar-refractivity contribution in [3.63, 3.8) is 0 Å². The van der Waals surface area contributed by atoms with Crippen LogP contribution in [0, 0.1) is 0 Å². The molecule has 2 N–H and O–H groups in total. The minimum atomic E-state index is -0.841. The Balaban J connectivity index is 2.06. The number of piperazine rings is 1. The molecule has 0 saturated carbocycles. The van der Waals surface area contributed by atoms with Crippen LogP contribution in [0.3, 0.4) is 0 Å². The third-order valence-corrected chi connectivity index (χ3v) is 4.00. The molecule has 1 aromatic carbocycles. The zero-order chi connectivity index (χ0) is 15.4. The summed E-state index contributed by atoms with van der Waals surface area (Å²) in [5.74, 6) is -0.390. The second-order valence-electron chi connectivity index (χ2n) is 6.01. The number of nitrogens with zero attached hydrogens (tertiary/aromatic N) is 2. The summed E-state index contributed by atoms with van der Waals surface area (Å²) in [7, 11) is 2.08. The molecule has 0 spiro atoms. The van der Waals surface area contributed by atoms with E-state index in [9.17, 15) is 9.90 Å². The number of hydrogen-bond acceptors (Lipinski definition) is 4. The van der Waals surface area contributed by atoms with Crippen LogP contribution in [0.1, 0.15) is 36.9 Å². The molecule has 5 nitrogen and oxygen atoms in total. The molecule has 1 unspecified atom stereocenters. The van der Waals surface area contributed by atoms with Crippen molar-refractivity contribution in [2.75, 3.05) is 33.2 Å². The summed E-state index contributed by atoms with van der Waals surface area (Å²) < 4.78 is 0. The van der Waals surface area contributed by atoms with Crippen LogP contribution < -0.4 is 5.43 Å². The van der Waals surface area contributed by atoms with E-state index in [-0.39, 0.29) is 0 Å². The van der Waals surface area contributed by atoms with Gasteiger partial charge in [-0.15, -0.1) is 0 Å². The Morgan fingerprint density at radius 2 is 1.62 bits per heavy atom. The maximum absolute atomic E-state index is 11.6. The van der Waals surface area contributed by atoms with Gasteiger partial charge in [-0.2, -0.15) is 0 Å². The number of carboxylic acid groups (broad SMARTS) is 1. The van der Waals surface area contributed by atoms with Gasteiger partial charge in [0.15, 0.2) is 0 Å². The van der Waals surface area contributed by atoms with Gasteiger partial charge < -0.3 is 10.0 Å². The van der Waals surface area contributed by atoms with Gasteiger partial charge >= 0.3 is 5.97 Å². The van der Waals surface area contributed by atoms with Gasteiger partial charge in [-0.05, 0) is 24.1 Å². The summed E-state index contributed by atoms with van der Waals surface area (Å²) in [6.45, 7) is 7.84. The highest BCUT2D eigenvalue weighted by Crippen LogP contribution is 2.19. The van der Waals surface area contributed by atoms with Crippen LogP contribution in [0.25, 0.3) is 0 Å². The first-order valence-corrected chi connectivity index (χ1v) is 7.49. The van der Waals surface area contributed by atoms with E-state index in [1.165, 1.54) is 5.56 Å². The molecule has 0 aliphatic carbocycles. The normalized spacial score (nSPS) is 18.9. The fourth-order valence-corrected chi connectivity index (χ4v) is 2.46. The summed E-state index contributed by atoms with van der Waals surface area (Å²) in [4.78, 5) is 13.8. The Kier molecular flexibility index (Phi) is 5.33. The topological polar surface area (TPSA) is 55.8 Å². The highest BCUT2D eigenvalue weighted by molar-refractivity contribution is 5.75. The standard InChI is InChI=1S/C16H25N3O2/c1-12(2)13-4-6-14(7-5-13)15(16(20)21)17-19-10-8-18(3)9-11-19/h4-7,12,15,17H,8-11H2,1-3H3,(H,20,21). The van der Waals surface area contributed by atoms with Gasteiger partial charge in [-0.3, -0.25) is 4.79 Å². The molecular formula is C16H25N3O2. The Hall–Kier alpha value is -1.43. The summed E-state index contributed by atoms with van der Waals surface area (Å²) in [6, 6.07) is 7.17. The molecule has 0 amide bonds. The van der Waals surface area contributed by atoms with Crippen molar-refractivity contribution in [3.05, 3.63) is 35.4 Å². The number of hydrogen-bond donors (Lipinski definition) is 2. The van der Waals surface area contributed by atoms with Gasteiger partial charge in [-0.1, -0.05) is 38.1 Å². The largest absolute Gasteiger partial charge is 0.480 e. The lowest BCUT2D eigenvalue weighted by molar-refractivity contribution is -0.141. The van der Waals surface area contributed by atoms with Crippen molar-refractivity contribution in [1.82, 2.24) is 15.3 Å². The lowest BCUT2D eigenvalue weighted by atomic mass is 9.99. The maximum Gasteiger partial charge on any atom is 0.326 e. The fraction of sp³-hybridized carbons (Fsp3) is 0.562. The van der Waals surface area contributed by atoms with Gasteiger partial charge in [0.1, 0.15) is 6.04 Å². The van der Waals surface area contributed by atoms with Crippen LogP contribution in [-0.2, 0) is 4.79 Å². The number of rotatable bonds is 5. The van der Waals surface area contributed by atoms with E-state index in [2.05, 4.69) is 31.2 Å². The number of carbonyl (C=O) groups is 1. The third-order valence-electron chi connectivity index (χ3n) is 4.00. The average Bonchev–Trinajstić information content (AvgIpc) is 2.46. The lowest BCUT2D eigenvalue weighted by Gasteiger charge is -2.34. The summed E-state index contributed by atoms with van der Waals surface area (Å²) in [6.07, 6.45) is 0. The molecule has 5 heteroatoms. The molecule has 1 aromatic rings. The average molecular weight is 291 g/mol. The zero-order valence-corrected chi connectivity index (χ0v) is 13.0. The van der Waals surface area contributed by atoms with Crippen molar-refractivity contribution < 1.29 is 9.90 Å². The quantitative estimate of drug-likeness (QED) is 0.864. The molecule has 1 atom stereocenters. The zero-order valence-electron chi connectivity index (χ0n) is 13.0. The predicted octanol–water partition coefficient (Wildman–Crippen LogP) is 1.69. The Morgan fingerprint density at radius 3 is 2.10 bits per heavy atom. The van der Waals surface area contributed by atoms with Crippen LogP contribution in [0.4, 0.5) is 0 Å². The number of hydrazine groups is 1. The van der Waals surface area contributed by atoms with Crippen LogP contribution in [0.15, 0.2) is 24.3 Å². The molecule has 116 valence electrons. The van der Waals surface area contributed by atoms with Crippen molar-refractivity contribution in [2.45, 2.75) is 25.8 Å². The maximum atomic E-state index is 11.6. The first kappa shape index (κ1) is 15.9. The van der Waals surface area contributed by atoms with Crippen molar-refractivity contribution in [2.24, 2.45) is 0 Å². The lowest BCUT2D eigenvalue weighted by Crippen LogP contribution is -2.52. The second kappa shape index (κ2) is 7.02. The second-order valence-corrected chi connectivity index (χ2v) is 6.01. The predicted molar refractivity (Wildman–Crippen MR) is 83.1 cm³/mol. The number of likely N-dealkylation sites (N-methyl/N-ethyl adjacent to an activating group) is 1. The van der Waals surface area contributed by atoms with E-state index in [4.69, 9.17) is 0 Å². The van der Waals surface area contributed by atoms with Crippen molar-refractivity contribution >= 4 is 5.97 Å². The van der Waals surface area contributed by atoms with E-state index in [0.717, 1.165) is 31.7 Å². The number of carboxylic acids is 1. The minimum Gasteiger partial charge on any atom is -0.480 e. The first-order chi connectivity index (χ1) is 9.97. The van der Waals surface area contributed by atoms with E-state index in [1.54, 1.807) is 0 Å². The molecule has 1 aliphatic heterocycles. The Morgan fingerprint density at radius 1 is 1.10 bits per heavy atom. The van der Waals surface area contributed by atoms with Gasteiger partial charge in [0.25, 0.3) is 0 Å². The Labute approximate surface area is 126 Å². The van der Waals surface area contributed by atoms with Crippen LogP contribution in [-0.4, -0.2) is 54.2 Å². The number of nitrogens with one attached hydrogen (secondary N) is 1. The van der Waals surface area contributed by atoms with Crippen LogP contribution in [0.5, 0.6) is 0 Å². The minimum absolute atomic E-state index is 0.452. The molecule has 0 radical (unpaired) electrons. The van der Waals surface area contributed by atoms with Gasteiger partial charge in [0, 0.05) is 26.2 Å². The number of benzene rings is 1. The summed E-state index contributed by atoms with van der Waals surface area (Å²) in [5, 5.41) is 11.5. The van der Waals surface area contributed by atoms with Gasteiger partial charge in [-0.25, -0.2) is 10.4 Å².